The Morgan fingerprint density at radius 2 is 1.80 bits per heavy atom. The lowest BCUT2D eigenvalue weighted by Gasteiger charge is -2.27. The van der Waals surface area contributed by atoms with Crippen LogP contribution < -0.4 is 5.73 Å². The molecule has 1 aromatic carbocycles. The Labute approximate surface area is 120 Å². The molecular weight excluding hydrogens is 246 g/mol. The van der Waals surface area contributed by atoms with Crippen LogP contribution in [-0.2, 0) is 0 Å². The van der Waals surface area contributed by atoms with Crippen LogP contribution in [0, 0.1) is 5.92 Å². The van der Waals surface area contributed by atoms with E-state index < -0.39 is 0 Å². The van der Waals surface area contributed by atoms with Crippen molar-refractivity contribution < 1.29 is 0 Å². The van der Waals surface area contributed by atoms with E-state index in [1.807, 2.05) is 0 Å². The van der Waals surface area contributed by atoms with Gasteiger partial charge in [0.15, 0.2) is 0 Å². The van der Waals surface area contributed by atoms with Gasteiger partial charge in [-0.25, -0.2) is 4.98 Å². The van der Waals surface area contributed by atoms with Gasteiger partial charge >= 0.3 is 0 Å². The van der Waals surface area contributed by atoms with Gasteiger partial charge in [0, 0.05) is 6.04 Å². The van der Waals surface area contributed by atoms with Crippen molar-refractivity contribution in [1.29, 1.82) is 0 Å². The molecule has 2 N–H and O–H groups in total. The molecule has 0 aliphatic heterocycles. The van der Waals surface area contributed by atoms with Crippen LogP contribution in [-0.4, -0.2) is 9.55 Å². The molecule has 0 bridgehead atoms. The smallest absolute Gasteiger partial charge is 0.127 e. The number of para-hydroxylation sites is 2. The second-order valence-electron chi connectivity index (χ2n) is 6.48. The Bertz CT molecular complexity index is 606. The van der Waals surface area contributed by atoms with Crippen LogP contribution in [0.4, 0.5) is 0 Å². The molecule has 3 nitrogen and oxygen atoms in total. The van der Waals surface area contributed by atoms with Crippen molar-refractivity contribution in [3.63, 3.8) is 0 Å². The Kier molecular flexibility index (Phi) is 3.03. The molecule has 0 spiro atoms. The highest BCUT2D eigenvalue weighted by Crippen LogP contribution is 2.42. The van der Waals surface area contributed by atoms with Crippen molar-refractivity contribution in [2.45, 2.75) is 57.0 Å². The van der Waals surface area contributed by atoms with Crippen LogP contribution >= 0.6 is 0 Å². The summed E-state index contributed by atoms with van der Waals surface area (Å²) >= 11 is 0. The van der Waals surface area contributed by atoms with E-state index in [0.717, 1.165) is 11.3 Å². The molecule has 0 radical (unpaired) electrons. The number of hydrogen-bond donors (Lipinski definition) is 1. The van der Waals surface area contributed by atoms with E-state index in [1.165, 1.54) is 50.5 Å². The molecule has 2 aliphatic rings. The lowest BCUT2D eigenvalue weighted by molar-refractivity contribution is 0.296. The van der Waals surface area contributed by atoms with Crippen molar-refractivity contribution in [2.24, 2.45) is 11.7 Å². The Morgan fingerprint density at radius 1 is 1.05 bits per heavy atom. The van der Waals surface area contributed by atoms with Crippen LogP contribution in [0.5, 0.6) is 0 Å². The van der Waals surface area contributed by atoms with E-state index >= 15 is 0 Å². The lowest BCUT2D eigenvalue weighted by Crippen LogP contribution is -2.26. The summed E-state index contributed by atoms with van der Waals surface area (Å²) in [7, 11) is 0. The monoisotopic (exact) mass is 269 g/mol. The van der Waals surface area contributed by atoms with Crippen LogP contribution in [0.2, 0.25) is 0 Å². The van der Waals surface area contributed by atoms with Gasteiger partial charge in [-0.3, -0.25) is 0 Å². The number of rotatable bonds is 3. The summed E-state index contributed by atoms with van der Waals surface area (Å²) in [5.41, 5.74) is 9.00. The topological polar surface area (TPSA) is 43.8 Å². The predicted molar refractivity (Wildman–Crippen MR) is 81.5 cm³/mol. The van der Waals surface area contributed by atoms with Gasteiger partial charge in [-0.2, -0.15) is 0 Å². The molecule has 2 aromatic rings. The molecule has 0 saturated heterocycles. The molecule has 106 valence electrons. The maximum absolute atomic E-state index is 6.62. The molecule has 0 amide bonds. The van der Waals surface area contributed by atoms with Crippen LogP contribution in [0.1, 0.15) is 62.9 Å². The zero-order valence-electron chi connectivity index (χ0n) is 12.0. The quantitative estimate of drug-likeness (QED) is 0.916. The first-order chi connectivity index (χ1) is 9.84. The molecule has 3 heteroatoms. The summed E-state index contributed by atoms with van der Waals surface area (Å²) < 4.78 is 2.44. The summed E-state index contributed by atoms with van der Waals surface area (Å²) in [5.74, 6) is 1.76. The zero-order chi connectivity index (χ0) is 13.5. The van der Waals surface area contributed by atoms with E-state index in [0.29, 0.717) is 12.0 Å². The molecule has 1 aromatic heterocycles. The number of imidazole rings is 1. The van der Waals surface area contributed by atoms with Gasteiger partial charge in [0.1, 0.15) is 5.82 Å². The van der Waals surface area contributed by atoms with Gasteiger partial charge in [-0.1, -0.05) is 31.4 Å². The van der Waals surface area contributed by atoms with E-state index in [-0.39, 0.29) is 6.04 Å². The van der Waals surface area contributed by atoms with Crippen LogP contribution in [0.3, 0.4) is 0 Å². The average molecular weight is 269 g/mol. The standard InChI is InChI=1S/C17H23N3/c18-16(12-6-2-1-3-7-12)17-19-14-8-4-5-9-15(14)20(17)13-10-11-13/h4-5,8-9,12-13,16H,1-3,6-7,10-11,18H2. The minimum Gasteiger partial charge on any atom is -0.324 e. The fourth-order valence-corrected chi connectivity index (χ4v) is 3.72. The van der Waals surface area contributed by atoms with Crippen molar-refractivity contribution in [3.05, 3.63) is 30.1 Å². The Hall–Kier alpha value is -1.35. The van der Waals surface area contributed by atoms with Gasteiger partial charge in [-0.05, 0) is 43.7 Å². The first kappa shape index (κ1) is 12.4. The van der Waals surface area contributed by atoms with Crippen LogP contribution in [0.25, 0.3) is 11.0 Å². The number of nitrogens with two attached hydrogens (primary N) is 1. The van der Waals surface area contributed by atoms with E-state index in [9.17, 15) is 0 Å². The minimum absolute atomic E-state index is 0.114. The molecule has 2 aliphatic carbocycles. The van der Waals surface area contributed by atoms with Crippen molar-refractivity contribution in [3.8, 4) is 0 Å². The second-order valence-corrected chi connectivity index (χ2v) is 6.48. The molecule has 2 saturated carbocycles. The van der Waals surface area contributed by atoms with Gasteiger partial charge in [0.25, 0.3) is 0 Å². The Morgan fingerprint density at radius 3 is 2.55 bits per heavy atom. The maximum atomic E-state index is 6.62. The average Bonchev–Trinajstić information content (AvgIpc) is 3.27. The number of nitrogens with zero attached hydrogens (tertiary/aromatic N) is 2. The second kappa shape index (κ2) is 4.88. The maximum Gasteiger partial charge on any atom is 0.127 e. The third kappa shape index (κ3) is 2.05. The summed E-state index contributed by atoms with van der Waals surface area (Å²) in [6.07, 6.45) is 9.16. The highest BCUT2D eigenvalue weighted by Gasteiger charge is 2.32. The minimum atomic E-state index is 0.114. The van der Waals surface area contributed by atoms with E-state index in [1.54, 1.807) is 0 Å². The molecule has 4 rings (SSSR count). The molecular formula is C17H23N3. The summed E-state index contributed by atoms with van der Waals surface area (Å²) in [5, 5.41) is 0. The molecule has 2 fully saturated rings. The summed E-state index contributed by atoms with van der Waals surface area (Å²) in [6.45, 7) is 0. The normalized spacial score (nSPS) is 22.2. The van der Waals surface area contributed by atoms with Gasteiger partial charge in [-0.15, -0.1) is 0 Å². The van der Waals surface area contributed by atoms with Gasteiger partial charge in [0.05, 0.1) is 17.1 Å². The number of fused-ring (bicyclic) bond motifs is 1. The first-order valence-electron chi connectivity index (χ1n) is 8.07. The van der Waals surface area contributed by atoms with Gasteiger partial charge < -0.3 is 10.3 Å². The number of aromatic nitrogens is 2. The number of benzene rings is 1. The molecule has 1 atom stereocenters. The summed E-state index contributed by atoms with van der Waals surface area (Å²) in [6, 6.07) is 9.25. The zero-order valence-corrected chi connectivity index (χ0v) is 12.0. The van der Waals surface area contributed by atoms with Gasteiger partial charge in [0.2, 0.25) is 0 Å². The van der Waals surface area contributed by atoms with Crippen molar-refractivity contribution in [1.82, 2.24) is 9.55 Å². The van der Waals surface area contributed by atoms with E-state index in [4.69, 9.17) is 10.7 Å². The fraction of sp³-hybridized carbons (Fsp3) is 0.588. The molecule has 1 unspecified atom stereocenters. The Balaban J connectivity index is 1.76. The van der Waals surface area contributed by atoms with E-state index in [2.05, 4.69) is 28.8 Å². The first-order valence-corrected chi connectivity index (χ1v) is 8.07. The largest absolute Gasteiger partial charge is 0.324 e. The molecule has 20 heavy (non-hydrogen) atoms. The third-order valence-corrected chi connectivity index (χ3v) is 4.99. The highest BCUT2D eigenvalue weighted by atomic mass is 15.1. The third-order valence-electron chi connectivity index (χ3n) is 4.99. The fourth-order valence-electron chi connectivity index (χ4n) is 3.72. The predicted octanol–water partition coefficient (Wildman–Crippen LogP) is 3.95. The highest BCUT2D eigenvalue weighted by molar-refractivity contribution is 5.76. The number of hydrogen-bond acceptors (Lipinski definition) is 2. The SMILES string of the molecule is NC(c1nc2ccccc2n1C1CC1)C1CCCCC1. The summed E-state index contributed by atoms with van der Waals surface area (Å²) in [4.78, 5) is 4.89. The molecule has 1 heterocycles. The van der Waals surface area contributed by atoms with Crippen LogP contribution in [0.15, 0.2) is 24.3 Å². The lowest BCUT2D eigenvalue weighted by atomic mass is 9.84. The van der Waals surface area contributed by atoms with Crippen molar-refractivity contribution in [2.75, 3.05) is 0 Å². The van der Waals surface area contributed by atoms with Crippen molar-refractivity contribution >= 4 is 11.0 Å².